The van der Waals surface area contributed by atoms with Crippen LogP contribution in [0.5, 0.6) is 0 Å². The standard InChI is InChI=1S/C24H27N3O2S2/c1-3-15-27-23(29)20-18-11-7-8-12-19(18)31-22(20)26-24(27)30-16(2)21(28)25-14-13-17-9-5-4-6-10-17/h3-6,9-10,16H,1,7-8,11-15H2,2H3,(H,25,28). The predicted octanol–water partition coefficient (Wildman–Crippen LogP) is 4.36. The first-order chi connectivity index (χ1) is 15.1. The normalized spacial score (nSPS) is 14.2. The number of hydrogen-bond donors (Lipinski definition) is 1. The van der Waals surface area contributed by atoms with E-state index in [4.69, 9.17) is 4.98 Å². The summed E-state index contributed by atoms with van der Waals surface area (Å²) in [5, 5.41) is 4.00. The molecule has 1 aromatic carbocycles. The van der Waals surface area contributed by atoms with E-state index in [1.807, 2.05) is 25.1 Å². The molecular formula is C24H27N3O2S2. The number of fused-ring (bicyclic) bond motifs is 3. The van der Waals surface area contributed by atoms with Crippen molar-refractivity contribution in [3.63, 3.8) is 0 Å². The van der Waals surface area contributed by atoms with Crippen LogP contribution in [0.1, 0.15) is 35.8 Å². The Labute approximate surface area is 190 Å². The highest BCUT2D eigenvalue weighted by atomic mass is 32.2. The molecule has 0 saturated heterocycles. The predicted molar refractivity (Wildman–Crippen MR) is 129 cm³/mol. The van der Waals surface area contributed by atoms with Gasteiger partial charge in [0, 0.05) is 18.0 Å². The zero-order chi connectivity index (χ0) is 21.8. The fraction of sp³-hybridized carbons (Fsp3) is 0.375. The van der Waals surface area contributed by atoms with Crippen molar-refractivity contribution in [2.45, 2.75) is 56.0 Å². The number of thiophene rings is 1. The van der Waals surface area contributed by atoms with E-state index in [-0.39, 0.29) is 16.7 Å². The van der Waals surface area contributed by atoms with Crippen molar-refractivity contribution in [2.75, 3.05) is 6.54 Å². The van der Waals surface area contributed by atoms with Crippen molar-refractivity contribution < 1.29 is 4.79 Å². The Bertz CT molecular complexity index is 1150. The van der Waals surface area contributed by atoms with E-state index in [0.717, 1.165) is 35.9 Å². The molecule has 7 heteroatoms. The fourth-order valence-electron chi connectivity index (χ4n) is 3.93. The largest absolute Gasteiger partial charge is 0.355 e. The van der Waals surface area contributed by atoms with Crippen LogP contribution in [0, 0.1) is 0 Å². The van der Waals surface area contributed by atoms with Crippen LogP contribution in [0.4, 0.5) is 0 Å². The monoisotopic (exact) mass is 453 g/mol. The van der Waals surface area contributed by atoms with Crippen LogP contribution in [-0.4, -0.2) is 27.3 Å². The highest BCUT2D eigenvalue weighted by Crippen LogP contribution is 2.35. The number of rotatable bonds is 8. The van der Waals surface area contributed by atoms with Gasteiger partial charge in [-0.15, -0.1) is 17.9 Å². The smallest absolute Gasteiger partial charge is 0.263 e. The first-order valence-electron chi connectivity index (χ1n) is 10.7. The number of carbonyl (C=O) groups is 1. The maximum absolute atomic E-state index is 13.3. The molecular weight excluding hydrogens is 426 g/mol. The number of nitrogens with zero attached hydrogens (tertiary/aromatic N) is 2. The van der Waals surface area contributed by atoms with Crippen molar-refractivity contribution in [1.82, 2.24) is 14.9 Å². The molecule has 5 nitrogen and oxygen atoms in total. The minimum atomic E-state index is -0.356. The molecule has 0 saturated carbocycles. The van der Waals surface area contributed by atoms with Gasteiger partial charge in [0.25, 0.3) is 5.56 Å². The minimum Gasteiger partial charge on any atom is -0.355 e. The van der Waals surface area contributed by atoms with E-state index in [1.165, 1.54) is 34.2 Å². The zero-order valence-corrected chi connectivity index (χ0v) is 19.4. The van der Waals surface area contributed by atoms with E-state index < -0.39 is 0 Å². The van der Waals surface area contributed by atoms with E-state index in [0.29, 0.717) is 18.2 Å². The van der Waals surface area contributed by atoms with E-state index in [1.54, 1.807) is 22.0 Å². The summed E-state index contributed by atoms with van der Waals surface area (Å²) in [6.45, 7) is 6.63. The van der Waals surface area contributed by atoms with Gasteiger partial charge < -0.3 is 5.32 Å². The van der Waals surface area contributed by atoms with Crippen molar-refractivity contribution in [3.05, 3.63) is 69.3 Å². The van der Waals surface area contributed by atoms with Crippen LogP contribution in [-0.2, 0) is 30.6 Å². The molecule has 0 spiro atoms. The molecule has 0 radical (unpaired) electrons. The van der Waals surface area contributed by atoms with E-state index >= 15 is 0 Å². The van der Waals surface area contributed by atoms with Crippen molar-refractivity contribution in [2.24, 2.45) is 0 Å². The van der Waals surface area contributed by atoms with Crippen LogP contribution >= 0.6 is 23.1 Å². The maximum Gasteiger partial charge on any atom is 0.263 e. The molecule has 0 bridgehead atoms. The number of thioether (sulfide) groups is 1. The average molecular weight is 454 g/mol. The zero-order valence-electron chi connectivity index (χ0n) is 17.7. The molecule has 4 rings (SSSR count). The SMILES string of the molecule is C=CCn1c(SC(C)C(=O)NCCc2ccccc2)nc2sc3c(c2c1=O)CCCC3. The molecule has 1 N–H and O–H groups in total. The Morgan fingerprint density at radius 1 is 1.32 bits per heavy atom. The van der Waals surface area contributed by atoms with Crippen molar-refractivity contribution in [1.29, 1.82) is 0 Å². The lowest BCUT2D eigenvalue weighted by Gasteiger charge is -2.15. The van der Waals surface area contributed by atoms with Crippen LogP contribution in [0.2, 0.25) is 0 Å². The van der Waals surface area contributed by atoms with Gasteiger partial charge in [-0.05, 0) is 50.2 Å². The number of aromatic nitrogens is 2. The Morgan fingerprint density at radius 3 is 2.87 bits per heavy atom. The molecule has 1 amide bonds. The van der Waals surface area contributed by atoms with Gasteiger partial charge in [-0.1, -0.05) is 48.2 Å². The van der Waals surface area contributed by atoms with Gasteiger partial charge in [-0.3, -0.25) is 14.2 Å². The molecule has 2 heterocycles. The quantitative estimate of drug-likeness (QED) is 0.313. The lowest BCUT2D eigenvalue weighted by atomic mass is 9.97. The molecule has 0 aliphatic heterocycles. The number of nitrogens with one attached hydrogen (secondary N) is 1. The van der Waals surface area contributed by atoms with E-state index in [2.05, 4.69) is 24.0 Å². The first-order valence-corrected chi connectivity index (χ1v) is 12.4. The second-order valence-corrected chi connectivity index (χ2v) is 10.2. The number of carbonyl (C=O) groups excluding carboxylic acids is 1. The van der Waals surface area contributed by atoms with Gasteiger partial charge in [-0.2, -0.15) is 0 Å². The minimum absolute atomic E-state index is 0.0107. The van der Waals surface area contributed by atoms with Gasteiger partial charge in [0.05, 0.1) is 10.6 Å². The summed E-state index contributed by atoms with van der Waals surface area (Å²) in [6, 6.07) is 10.1. The summed E-state index contributed by atoms with van der Waals surface area (Å²) in [5.41, 5.74) is 2.37. The topological polar surface area (TPSA) is 64.0 Å². The maximum atomic E-state index is 13.3. The van der Waals surface area contributed by atoms with E-state index in [9.17, 15) is 9.59 Å². The Kier molecular flexibility index (Phi) is 6.92. The second kappa shape index (κ2) is 9.83. The molecule has 1 unspecified atom stereocenters. The Hall–Kier alpha value is -2.38. The van der Waals surface area contributed by atoms with Crippen LogP contribution in [0.3, 0.4) is 0 Å². The number of allylic oxidation sites excluding steroid dienone is 1. The van der Waals surface area contributed by atoms with Gasteiger partial charge in [0.2, 0.25) is 5.91 Å². The summed E-state index contributed by atoms with van der Waals surface area (Å²) in [4.78, 5) is 32.9. The van der Waals surface area contributed by atoms with Crippen molar-refractivity contribution >= 4 is 39.2 Å². The highest BCUT2D eigenvalue weighted by Gasteiger charge is 2.24. The molecule has 0 fully saturated rings. The van der Waals surface area contributed by atoms with Gasteiger partial charge in [0.15, 0.2) is 5.16 Å². The van der Waals surface area contributed by atoms with Gasteiger partial charge in [-0.25, -0.2) is 4.98 Å². The molecule has 1 atom stereocenters. The second-order valence-electron chi connectivity index (χ2n) is 7.78. The lowest BCUT2D eigenvalue weighted by Crippen LogP contribution is -2.33. The summed E-state index contributed by atoms with van der Waals surface area (Å²) in [5.74, 6) is -0.0501. The third kappa shape index (κ3) is 4.77. The lowest BCUT2D eigenvalue weighted by molar-refractivity contribution is -0.120. The van der Waals surface area contributed by atoms with Crippen LogP contribution in [0.25, 0.3) is 10.2 Å². The summed E-state index contributed by atoms with van der Waals surface area (Å²) < 4.78 is 1.66. The number of aryl methyl sites for hydroxylation is 2. The fourth-order valence-corrected chi connectivity index (χ4v) is 6.17. The third-order valence-corrected chi connectivity index (χ3v) is 7.83. The van der Waals surface area contributed by atoms with Gasteiger partial charge in [0.1, 0.15) is 4.83 Å². The summed E-state index contributed by atoms with van der Waals surface area (Å²) in [6.07, 6.45) is 6.77. The Balaban J connectivity index is 1.52. The number of benzene rings is 1. The van der Waals surface area contributed by atoms with Gasteiger partial charge >= 0.3 is 0 Å². The molecule has 1 aliphatic carbocycles. The summed E-state index contributed by atoms with van der Waals surface area (Å²) >= 11 is 2.98. The van der Waals surface area contributed by atoms with Crippen LogP contribution < -0.4 is 10.9 Å². The molecule has 2 aromatic heterocycles. The first kappa shape index (κ1) is 21.8. The molecule has 1 aliphatic rings. The number of hydrogen-bond acceptors (Lipinski definition) is 5. The van der Waals surface area contributed by atoms with Crippen molar-refractivity contribution in [3.8, 4) is 0 Å². The number of amides is 1. The molecule has 3 aromatic rings. The summed E-state index contributed by atoms with van der Waals surface area (Å²) in [7, 11) is 0. The third-order valence-electron chi connectivity index (χ3n) is 5.56. The highest BCUT2D eigenvalue weighted by molar-refractivity contribution is 8.00. The molecule has 31 heavy (non-hydrogen) atoms. The van der Waals surface area contributed by atoms with Crippen LogP contribution in [0.15, 0.2) is 52.9 Å². The average Bonchev–Trinajstić information content (AvgIpc) is 3.15. The molecule has 162 valence electrons. The Morgan fingerprint density at radius 2 is 2.10 bits per heavy atom.